The Bertz CT molecular complexity index is 961. The van der Waals surface area contributed by atoms with Gasteiger partial charge in [0.15, 0.2) is 5.13 Å². The lowest BCUT2D eigenvalue weighted by Gasteiger charge is -2.01. The van der Waals surface area contributed by atoms with Gasteiger partial charge in [-0.3, -0.25) is 14.9 Å². The summed E-state index contributed by atoms with van der Waals surface area (Å²) in [6, 6.07) is 15.2. The van der Waals surface area contributed by atoms with Crippen LogP contribution in [0.4, 0.5) is 10.8 Å². The Kier molecular flexibility index (Phi) is 4.90. The van der Waals surface area contributed by atoms with Gasteiger partial charge in [0.1, 0.15) is 0 Å². The van der Waals surface area contributed by atoms with E-state index < -0.39 is 0 Å². The predicted molar refractivity (Wildman–Crippen MR) is 103 cm³/mol. The Morgan fingerprint density at radius 3 is 2.52 bits per heavy atom. The zero-order chi connectivity index (χ0) is 17.8. The molecule has 0 fully saturated rings. The van der Waals surface area contributed by atoms with Crippen molar-refractivity contribution in [1.82, 2.24) is 4.98 Å². The number of benzene rings is 2. The van der Waals surface area contributed by atoms with Crippen molar-refractivity contribution in [3.05, 3.63) is 60.2 Å². The molecule has 0 unspecified atom stereocenters. The fourth-order valence-corrected chi connectivity index (χ4v) is 3.29. The SMILES string of the molecule is CC(=O)Nc1ccc2nc(NC(=O)/C=C(/C)c3ccccc3)sc2c1. The van der Waals surface area contributed by atoms with Gasteiger partial charge >= 0.3 is 0 Å². The van der Waals surface area contributed by atoms with Crippen LogP contribution in [0.1, 0.15) is 19.4 Å². The van der Waals surface area contributed by atoms with Crippen LogP contribution in [0.2, 0.25) is 0 Å². The van der Waals surface area contributed by atoms with E-state index in [2.05, 4.69) is 15.6 Å². The van der Waals surface area contributed by atoms with E-state index >= 15 is 0 Å². The van der Waals surface area contributed by atoms with Crippen LogP contribution in [0.15, 0.2) is 54.6 Å². The van der Waals surface area contributed by atoms with Crippen LogP contribution in [-0.2, 0) is 9.59 Å². The summed E-state index contributed by atoms with van der Waals surface area (Å²) in [7, 11) is 0. The van der Waals surface area contributed by atoms with Crippen LogP contribution in [0, 0.1) is 0 Å². The molecule has 3 rings (SSSR count). The molecule has 3 aromatic rings. The summed E-state index contributed by atoms with van der Waals surface area (Å²) in [5.41, 5.74) is 3.37. The van der Waals surface area contributed by atoms with E-state index in [0.717, 1.165) is 21.4 Å². The monoisotopic (exact) mass is 351 g/mol. The maximum absolute atomic E-state index is 12.2. The number of fused-ring (bicyclic) bond motifs is 1. The van der Waals surface area contributed by atoms with Crippen molar-refractivity contribution >= 4 is 49.8 Å². The maximum Gasteiger partial charge on any atom is 0.250 e. The molecule has 0 atom stereocenters. The first-order valence-corrected chi connectivity index (χ1v) is 8.56. The Morgan fingerprint density at radius 1 is 1.04 bits per heavy atom. The van der Waals surface area contributed by atoms with Crippen LogP contribution in [-0.4, -0.2) is 16.8 Å². The smallest absolute Gasteiger partial charge is 0.250 e. The highest BCUT2D eigenvalue weighted by atomic mass is 32.1. The molecule has 0 radical (unpaired) electrons. The van der Waals surface area contributed by atoms with Gasteiger partial charge in [0, 0.05) is 18.7 Å². The molecule has 6 heteroatoms. The number of nitrogens with one attached hydrogen (secondary N) is 2. The fraction of sp³-hybridized carbons (Fsp3) is 0.105. The largest absolute Gasteiger partial charge is 0.326 e. The van der Waals surface area contributed by atoms with Crippen LogP contribution in [0.5, 0.6) is 0 Å². The Hall–Kier alpha value is -2.99. The molecule has 0 saturated carbocycles. The first-order chi connectivity index (χ1) is 12.0. The van der Waals surface area contributed by atoms with Gasteiger partial charge in [-0.25, -0.2) is 4.98 Å². The van der Waals surface area contributed by atoms with Gasteiger partial charge in [0.05, 0.1) is 10.2 Å². The van der Waals surface area contributed by atoms with Gasteiger partial charge in [0.2, 0.25) is 11.8 Å². The first-order valence-electron chi connectivity index (χ1n) is 7.74. The lowest BCUT2D eigenvalue weighted by Crippen LogP contribution is -2.08. The number of anilines is 2. The van der Waals surface area contributed by atoms with Gasteiger partial charge < -0.3 is 5.32 Å². The highest BCUT2D eigenvalue weighted by Crippen LogP contribution is 2.28. The molecule has 2 aromatic carbocycles. The summed E-state index contributed by atoms with van der Waals surface area (Å²) in [5, 5.41) is 6.06. The van der Waals surface area contributed by atoms with Gasteiger partial charge in [-0.2, -0.15) is 0 Å². The van der Waals surface area contributed by atoms with Crippen LogP contribution >= 0.6 is 11.3 Å². The van der Waals surface area contributed by atoms with Gasteiger partial charge in [-0.15, -0.1) is 0 Å². The van der Waals surface area contributed by atoms with Crippen molar-refractivity contribution < 1.29 is 9.59 Å². The molecule has 2 amide bonds. The minimum absolute atomic E-state index is 0.126. The number of thiazole rings is 1. The molecular weight excluding hydrogens is 334 g/mol. The maximum atomic E-state index is 12.2. The molecule has 5 nitrogen and oxygen atoms in total. The van der Waals surface area contributed by atoms with Gasteiger partial charge in [-0.1, -0.05) is 41.7 Å². The fourth-order valence-electron chi connectivity index (χ4n) is 2.38. The number of carbonyl (C=O) groups is 2. The molecule has 0 aliphatic heterocycles. The topological polar surface area (TPSA) is 71.1 Å². The zero-order valence-electron chi connectivity index (χ0n) is 13.9. The summed E-state index contributed by atoms with van der Waals surface area (Å²) in [6.45, 7) is 3.36. The molecule has 0 bridgehead atoms. The van der Waals surface area contributed by atoms with E-state index in [1.165, 1.54) is 18.3 Å². The average molecular weight is 351 g/mol. The normalized spacial score (nSPS) is 11.4. The molecule has 1 heterocycles. The van der Waals surface area contributed by atoms with E-state index in [0.29, 0.717) is 10.8 Å². The standard InChI is InChI=1S/C19H17N3O2S/c1-12(14-6-4-3-5-7-14)10-18(24)22-19-21-16-9-8-15(20-13(2)23)11-17(16)25-19/h3-11H,1-2H3,(H,20,23)(H,21,22,24)/b12-10-. The van der Waals surface area contributed by atoms with Crippen molar-refractivity contribution in [1.29, 1.82) is 0 Å². The van der Waals surface area contributed by atoms with Crippen molar-refractivity contribution in [3.8, 4) is 0 Å². The van der Waals surface area contributed by atoms with Crippen molar-refractivity contribution in [2.45, 2.75) is 13.8 Å². The van der Waals surface area contributed by atoms with Gasteiger partial charge in [0.25, 0.3) is 0 Å². The number of nitrogens with zero attached hydrogens (tertiary/aromatic N) is 1. The lowest BCUT2D eigenvalue weighted by atomic mass is 10.1. The Labute approximate surface area is 149 Å². The average Bonchev–Trinajstić information content (AvgIpc) is 2.96. The highest BCUT2D eigenvalue weighted by Gasteiger charge is 2.08. The minimum Gasteiger partial charge on any atom is -0.326 e. The third-order valence-electron chi connectivity index (χ3n) is 3.52. The van der Waals surface area contributed by atoms with Crippen LogP contribution in [0.3, 0.4) is 0 Å². The van der Waals surface area contributed by atoms with E-state index in [-0.39, 0.29) is 11.8 Å². The van der Waals surface area contributed by atoms with Crippen molar-refractivity contribution in [2.24, 2.45) is 0 Å². The van der Waals surface area contributed by atoms with Crippen LogP contribution in [0.25, 0.3) is 15.8 Å². The van der Waals surface area contributed by atoms with Crippen molar-refractivity contribution in [2.75, 3.05) is 10.6 Å². The number of carbonyl (C=O) groups excluding carboxylic acids is 2. The molecule has 0 aliphatic carbocycles. The lowest BCUT2D eigenvalue weighted by molar-refractivity contribution is -0.114. The molecule has 1 aromatic heterocycles. The second-order valence-electron chi connectivity index (χ2n) is 5.57. The van der Waals surface area contributed by atoms with Gasteiger partial charge in [-0.05, 0) is 36.3 Å². The van der Waals surface area contributed by atoms with E-state index in [9.17, 15) is 9.59 Å². The predicted octanol–water partition coefficient (Wildman–Crippen LogP) is 4.30. The first kappa shape index (κ1) is 16.9. The number of rotatable bonds is 4. The quantitative estimate of drug-likeness (QED) is 0.689. The van der Waals surface area contributed by atoms with E-state index in [1.54, 1.807) is 12.1 Å². The van der Waals surface area contributed by atoms with E-state index in [1.807, 2.05) is 49.4 Å². The molecule has 0 aliphatic rings. The molecule has 0 spiro atoms. The Morgan fingerprint density at radius 2 is 1.80 bits per heavy atom. The van der Waals surface area contributed by atoms with E-state index in [4.69, 9.17) is 0 Å². The van der Waals surface area contributed by atoms with Crippen molar-refractivity contribution in [3.63, 3.8) is 0 Å². The number of hydrogen-bond acceptors (Lipinski definition) is 4. The number of allylic oxidation sites excluding steroid dienone is 1. The second-order valence-corrected chi connectivity index (χ2v) is 6.60. The summed E-state index contributed by atoms with van der Waals surface area (Å²) in [5.74, 6) is -0.346. The van der Waals surface area contributed by atoms with Crippen LogP contribution < -0.4 is 10.6 Å². The molecular formula is C19H17N3O2S. The highest BCUT2D eigenvalue weighted by molar-refractivity contribution is 7.22. The third kappa shape index (κ3) is 4.30. The minimum atomic E-state index is -0.220. The number of amides is 2. The summed E-state index contributed by atoms with van der Waals surface area (Å²) in [4.78, 5) is 27.7. The second kappa shape index (κ2) is 7.27. The summed E-state index contributed by atoms with van der Waals surface area (Å²) in [6.07, 6.45) is 1.56. The summed E-state index contributed by atoms with van der Waals surface area (Å²) < 4.78 is 0.894. The molecule has 2 N–H and O–H groups in total. The number of aromatic nitrogens is 1. The Balaban J connectivity index is 1.76. The molecule has 126 valence electrons. The number of hydrogen-bond donors (Lipinski definition) is 2. The summed E-state index contributed by atoms with van der Waals surface area (Å²) >= 11 is 1.37. The molecule has 0 saturated heterocycles. The third-order valence-corrected chi connectivity index (χ3v) is 4.45. The molecule has 25 heavy (non-hydrogen) atoms. The zero-order valence-corrected chi connectivity index (χ0v) is 14.7.